The first-order valence-electron chi connectivity index (χ1n) is 8.89. The van der Waals surface area contributed by atoms with E-state index in [1.165, 1.54) is 31.8 Å². The molecule has 15 heteroatoms. The number of imidazole rings is 1. The van der Waals surface area contributed by atoms with Crippen molar-refractivity contribution in [1.82, 2.24) is 24.2 Å². The van der Waals surface area contributed by atoms with Crippen LogP contribution in [0.3, 0.4) is 0 Å². The number of amides is 2. The molecule has 0 bridgehead atoms. The van der Waals surface area contributed by atoms with Gasteiger partial charge in [0.2, 0.25) is 17.7 Å². The van der Waals surface area contributed by atoms with Gasteiger partial charge in [-0.05, 0) is 0 Å². The van der Waals surface area contributed by atoms with Crippen LogP contribution in [0.5, 0.6) is 11.8 Å². The third kappa shape index (κ3) is 4.61. The number of rotatable bonds is 7. The summed E-state index contributed by atoms with van der Waals surface area (Å²) in [6.45, 7) is 1.46. The van der Waals surface area contributed by atoms with Crippen molar-refractivity contribution in [1.29, 1.82) is 0 Å². The Labute approximate surface area is 178 Å². The lowest BCUT2D eigenvalue weighted by Crippen LogP contribution is -2.37. The Bertz CT molecular complexity index is 1230. The molecule has 0 unspecified atom stereocenters. The Kier molecular flexibility index (Phi) is 6.17. The molecule has 2 aromatic heterocycles. The second kappa shape index (κ2) is 8.50. The van der Waals surface area contributed by atoms with Crippen LogP contribution in [0.15, 0.2) is 28.3 Å². The lowest BCUT2D eigenvalue weighted by molar-refractivity contribution is 0.256. The van der Waals surface area contributed by atoms with E-state index in [4.69, 9.17) is 9.47 Å². The summed E-state index contributed by atoms with van der Waals surface area (Å²) in [5.74, 6) is -0.251. The average molecular weight is 473 g/mol. The second-order valence-corrected chi connectivity index (χ2v) is 9.96. The zero-order valence-corrected chi connectivity index (χ0v) is 18.4. The maximum absolute atomic E-state index is 13.0. The van der Waals surface area contributed by atoms with E-state index < -0.39 is 35.9 Å². The largest absolute Gasteiger partial charge is 0.481 e. The lowest BCUT2D eigenvalue weighted by Gasteiger charge is -2.14. The smallest absolute Gasteiger partial charge is 0.335 e. The normalized spacial score (nSPS) is 13.4. The fourth-order valence-corrected chi connectivity index (χ4v) is 5.48. The molecule has 0 aliphatic carbocycles. The third-order valence-electron chi connectivity index (χ3n) is 4.20. The molecule has 13 nitrogen and oxygen atoms in total. The summed E-state index contributed by atoms with van der Waals surface area (Å²) in [6, 6.07) is 0.144. The standard InChI is InChI=1S/C16H20N6O7S2/c1-4-30(24,25)13-14(22-8-6-5-7-10(22)17-13)31(26,27)21-16(23)20-15-18-11(28-2)9-12(19-15)29-3/h5-6,9H,4,7-8H2,1-3H3,(H2,18,19,20,21,23). The van der Waals surface area contributed by atoms with Gasteiger partial charge in [0.15, 0.2) is 19.9 Å². The van der Waals surface area contributed by atoms with Gasteiger partial charge in [-0.15, -0.1) is 0 Å². The van der Waals surface area contributed by atoms with Crippen LogP contribution in [0, 0.1) is 0 Å². The summed E-state index contributed by atoms with van der Waals surface area (Å²) in [5.41, 5.74) is 0. The van der Waals surface area contributed by atoms with Crippen molar-refractivity contribution in [2.75, 3.05) is 25.3 Å². The quantitative estimate of drug-likeness (QED) is 0.527. The molecule has 0 radical (unpaired) electrons. The topological polar surface area (TPSA) is 171 Å². The SMILES string of the molecule is CCS(=O)(=O)c1nc2n(c1S(=O)(=O)NC(=O)Nc1nc(OC)cc(OC)n1)CC=CC2. The number of aromatic nitrogens is 4. The van der Waals surface area contributed by atoms with E-state index in [-0.39, 0.29) is 42.3 Å². The number of hydrogen-bond donors (Lipinski definition) is 2. The Balaban J connectivity index is 1.95. The fraction of sp³-hybridized carbons (Fsp3) is 0.375. The van der Waals surface area contributed by atoms with Crippen LogP contribution in [0.25, 0.3) is 0 Å². The van der Waals surface area contributed by atoms with Crippen molar-refractivity contribution in [3.63, 3.8) is 0 Å². The van der Waals surface area contributed by atoms with Crippen molar-refractivity contribution in [3.8, 4) is 11.8 Å². The van der Waals surface area contributed by atoms with Crippen molar-refractivity contribution < 1.29 is 31.1 Å². The molecule has 31 heavy (non-hydrogen) atoms. The molecular formula is C16H20N6O7S2. The van der Waals surface area contributed by atoms with Crippen molar-refractivity contribution in [2.24, 2.45) is 0 Å². The van der Waals surface area contributed by atoms with Crippen LogP contribution >= 0.6 is 0 Å². The van der Waals surface area contributed by atoms with Crippen LogP contribution in [-0.4, -0.2) is 62.4 Å². The predicted octanol–water partition coefficient (Wildman–Crippen LogP) is 0.107. The number of urea groups is 1. The van der Waals surface area contributed by atoms with Crippen molar-refractivity contribution >= 4 is 31.8 Å². The first-order valence-corrected chi connectivity index (χ1v) is 12.0. The molecule has 2 amide bonds. The zero-order valence-electron chi connectivity index (χ0n) is 16.8. The minimum Gasteiger partial charge on any atom is -0.481 e. The molecule has 0 aromatic carbocycles. The summed E-state index contributed by atoms with van der Waals surface area (Å²) >= 11 is 0. The molecule has 0 saturated carbocycles. The van der Waals surface area contributed by atoms with E-state index >= 15 is 0 Å². The van der Waals surface area contributed by atoms with Gasteiger partial charge in [-0.3, -0.25) is 5.32 Å². The number of nitrogens with zero attached hydrogens (tertiary/aromatic N) is 4. The number of sulfonamides is 1. The molecular weight excluding hydrogens is 452 g/mol. The van der Waals surface area contributed by atoms with Crippen LogP contribution in [0.2, 0.25) is 0 Å². The van der Waals surface area contributed by atoms with Gasteiger partial charge >= 0.3 is 6.03 Å². The number of carbonyl (C=O) groups excluding carboxylic acids is 1. The predicted molar refractivity (Wildman–Crippen MR) is 107 cm³/mol. The summed E-state index contributed by atoms with van der Waals surface area (Å²) in [4.78, 5) is 24.1. The molecule has 2 aromatic rings. The second-order valence-electron chi connectivity index (χ2n) is 6.16. The number of nitrogens with one attached hydrogen (secondary N) is 2. The maximum Gasteiger partial charge on any atom is 0.335 e. The number of ether oxygens (including phenoxy) is 2. The zero-order chi connectivity index (χ0) is 22.8. The molecule has 0 spiro atoms. The molecule has 0 fully saturated rings. The first-order chi connectivity index (χ1) is 14.6. The molecule has 0 atom stereocenters. The van der Waals surface area contributed by atoms with Gasteiger partial charge in [0.25, 0.3) is 10.0 Å². The lowest BCUT2D eigenvalue weighted by atomic mass is 10.3. The third-order valence-corrected chi connectivity index (χ3v) is 7.34. The van der Waals surface area contributed by atoms with E-state index in [0.717, 1.165) is 0 Å². The molecule has 3 rings (SSSR count). The molecule has 1 aliphatic heterocycles. The van der Waals surface area contributed by atoms with Crippen LogP contribution in [0.1, 0.15) is 12.7 Å². The first kappa shape index (κ1) is 22.5. The highest BCUT2D eigenvalue weighted by atomic mass is 32.2. The van der Waals surface area contributed by atoms with Crippen LogP contribution in [-0.2, 0) is 32.8 Å². The number of carbonyl (C=O) groups is 1. The van der Waals surface area contributed by atoms with Gasteiger partial charge in [-0.1, -0.05) is 19.1 Å². The van der Waals surface area contributed by atoms with E-state index in [0.29, 0.717) is 0 Å². The van der Waals surface area contributed by atoms with E-state index in [1.807, 2.05) is 0 Å². The van der Waals surface area contributed by atoms with E-state index in [9.17, 15) is 21.6 Å². The summed E-state index contributed by atoms with van der Waals surface area (Å²) < 4.78 is 63.8. The minimum absolute atomic E-state index is 0.0676. The number of sulfone groups is 1. The summed E-state index contributed by atoms with van der Waals surface area (Å²) in [7, 11) is -5.94. The van der Waals surface area contributed by atoms with Gasteiger partial charge in [0.05, 0.1) is 26.0 Å². The highest BCUT2D eigenvalue weighted by molar-refractivity contribution is 7.93. The van der Waals surface area contributed by atoms with E-state index in [2.05, 4.69) is 20.3 Å². The van der Waals surface area contributed by atoms with Crippen LogP contribution < -0.4 is 19.5 Å². The molecule has 2 N–H and O–H groups in total. The molecule has 3 heterocycles. The fourth-order valence-electron chi connectivity index (χ4n) is 2.74. The number of allylic oxidation sites excluding steroid dienone is 2. The summed E-state index contributed by atoms with van der Waals surface area (Å²) in [5, 5.41) is 0.950. The highest BCUT2D eigenvalue weighted by Crippen LogP contribution is 2.26. The summed E-state index contributed by atoms with van der Waals surface area (Å²) in [6.07, 6.45) is 3.67. The Hall–Kier alpha value is -3.20. The van der Waals surface area contributed by atoms with Gasteiger partial charge in [-0.2, -0.15) is 18.4 Å². The van der Waals surface area contributed by atoms with Crippen molar-refractivity contribution in [2.45, 2.75) is 29.9 Å². The van der Waals surface area contributed by atoms with Gasteiger partial charge in [-0.25, -0.2) is 22.9 Å². The highest BCUT2D eigenvalue weighted by Gasteiger charge is 2.35. The molecule has 1 aliphatic rings. The Morgan fingerprint density at radius 1 is 1.10 bits per heavy atom. The van der Waals surface area contributed by atoms with Crippen LogP contribution in [0.4, 0.5) is 10.7 Å². The Morgan fingerprint density at radius 2 is 1.74 bits per heavy atom. The number of fused-ring (bicyclic) bond motifs is 1. The number of anilines is 1. The van der Waals surface area contributed by atoms with Gasteiger partial charge in [0.1, 0.15) is 5.82 Å². The number of hydrogen-bond acceptors (Lipinski definition) is 10. The molecule has 0 saturated heterocycles. The number of methoxy groups -OCH3 is 2. The average Bonchev–Trinajstić information content (AvgIpc) is 3.14. The van der Waals surface area contributed by atoms with Gasteiger partial charge in [0, 0.05) is 13.0 Å². The van der Waals surface area contributed by atoms with E-state index in [1.54, 1.807) is 16.9 Å². The maximum atomic E-state index is 13.0. The Morgan fingerprint density at radius 3 is 2.32 bits per heavy atom. The molecule has 168 valence electrons. The van der Waals surface area contributed by atoms with Crippen molar-refractivity contribution in [3.05, 3.63) is 24.0 Å². The minimum atomic E-state index is -4.63. The monoisotopic (exact) mass is 472 g/mol. The van der Waals surface area contributed by atoms with Gasteiger partial charge < -0.3 is 14.0 Å².